The van der Waals surface area contributed by atoms with Crippen LogP contribution in [0.5, 0.6) is 0 Å². The van der Waals surface area contributed by atoms with Crippen LogP contribution in [0.15, 0.2) is 0 Å². The second kappa shape index (κ2) is 5.79. The monoisotopic (exact) mass is 235 g/mol. The van der Waals surface area contributed by atoms with Crippen LogP contribution in [0.2, 0.25) is 0 Å². The zero-order chi connectivity index (χ0) is 11.3. The quantitative estimate of drug-likeness (QED) is 0.676. The van der Waals surface area contributed by atoms with Gasteiger partial charge in [-0.15, -0.1) is 0 Å². The molecule has 1 heterocycles. The molecule has 6 heteroatoms. The molecule has 15 heavy (non-hydrogen) atoms. The first-order chi connectivity index (χ1) is 7.06. The van der Waals surface area contributed by atoms with Gasteiger partial charge >= 0.3 is 0 Å². The first-order valence-electron chi connectivity index (χ1n) is 5.50. The number of nitrogens with one attached hydrogen (secondary N) is 2. The van der Waals surface area contributed by atoms with Crippen LogP contribution in [0.25, 0.3) is 0 Å². The third kappa shape index (κ3) is 4.06. The van der Waals surface area contributed by atoms with E-state index in [4.69, 9.17) is 0 Å². The molecule has 1 aliphatic heterocycles. The van der Waals surface area contributed by atoms with E-state index in [9.17, 15) is 8.42 Å². The van der Waals surface area contributed by atoms with E-state index in [0.29, 0.717) is 19.1 Å². The Kier molecular flexibility index (Phi) is 4.98. The third-order valence-electron chi connectivity index (χ3n) is 2.58. The van der Waals surface area contributed by atoms with Gasteiger partial charge < -0.3 is 5.32 Å². The van der Waals surface area contributed by atoms with Crippen LogP contribution in [0.1, 0.15) is 26.2 Å². The first-order valence-corrected chi connectivity index (χ1v) is 6.94. The Morgan fingerprint density at radius 3 is 2.80 bits per heavy atom. The van der Waals surface area contributed by atoms with Crippen LogP contribution < -0.4 is 10.0 Å². The maximum Gasteiger partial charge on any atom is 0.279 e. The number of rotatable bonds is 6. The number of likely N-dealkylation sites (N-methyl/N-ethyl adjacent to an activating group) is 1. The summed E-state index contributed by atoms with van der Waals surface area (Å²) < 4.78 is 27.3. The molecular formula is C9H21N3O2S. The van der Waals surface area contributed by atoms with Crippen molar-refractivity contribution in [3.63, 3.8) is 0 Å². The normalized spacial score (nSPS) is 22.5. The molecular weight excluding hydrogens is 214 g/mol. The Morgan fingerprint density at radius 2 is 2.27 bits per heavy atom. The second-order valence-electron chi connectivity index (χ2n) is 3.97. The van der Waals surface area contributed by atoms with Gasteiger partial charge in [0.05, 0.1) is 0 Å². The van der Waals surface area contributed by atoms with Crippen molar-refractivity contribution < 1.29 is 8.42 Å². The highest BCUT2D eigenvalue weighted by atomic mass is 32.2. The molecule has 90 valence electrons. The van der Waals surface area contributed by atoms with E-state index in [1.54, 1.807) is 7.05 Å². The summed E-state index contributed by atoms with van der Waals surface area (Å²) in [5.41, 5.74) is 0. The van der Waals surface area contributed by atoms with E-state index in [1.807, 2.05) is 6.92 Å². The summed E-state index contributed by atoms with van der Waals surface area (Å²) in [5.74, 6) is 0. The van der Waals surface area contributed by atoms with Crippen LogP contribution in [0.4, 0.5) is 0 Å². The molecule has 0 bridgehead atoms. The summed E-state index contributed by atoms with van der Waals surface area (Å²) in [6.07, 6.45) is 3.02. The van der Waals surface area contributed by atoms with Gasteiger partial charge in [0.2, 0.25) is 0 Å². The van der Waals surface area contributed by atoms with E-state index >= 15 is 0 Å². The van der Waals surface area contributed by atoms with Crippen molar-refractivity contribution >= 4 is 10.2 Å². The van der Waals surface area contributed by atoms with E-state index in [-0.39, 0.29) is 0 Å². The minimum Gasteiger partial charge on any atom is -0.313 e. The van der Waals surface area contributed by atoms with Crippen LogP contribution in [0.3, 0.4) is 0 Å². The topological polar surface area (TPSA) is 61.4 Å². The van der Waals surface area contributed by atoms with Gasteiger partial charge in [0, 0.05) is 26.2 Å². The molecule has 1 rings (SSSR count). The number of hydrogen-bond acceptors (Lipinski definition) is 3. The fourth-order valence-corrected chi connectivity index (χ4v) is 2.72. The Labute approximate surface area is 92.4 Å². The predicted octanol–water partition coefficient (Wildman–Crippen LogP) is -0.0854. The Hall–Kier alpha value is -0.170. The third-order valence-corrected chi connectivity index (χ3v) is 4.12. The van der Waals surface area contributed by atoms with Crippen molar-refractivity contribution in [2.45, 2.75) is 32.2 Å². The molecule has 0 saturated carbocycles. The molecule has 1 fully saturated rings. The largest absolute Gasteiger partial charge is 0.313 e. The lowest BCUT2D eigenvalue weighted by Crippen LogP contribution is -2.44. The molecule has 1 unspecified atom stereocenters. The van der Waals surface area contributed by atoms with E-state index in [1.165, 1.54) is 4.31 Å². The summed E-state index contributed by atoms with van der Waals surface area (Å²) in [7, 11) is -1.64. The smallest absolute Gasteiger partial charge is 0.279 e. The minimum atomic E-state index is -3.27. The molecule has 0 aromatic rings. The van der Waals surface area contributed by atoms with Crippen molar-refractivity contribution in [1.82, 2.24) is 14.3 Å². The lowest BCUT2D eigenvalue weighted by molar-refractivity contribution is 0.410. The number of nitrogens with zero attached hydrogens (tertiary/aromatic N) is 1. The molecule has 5 nitrogen and oxygen atoms in total. The van der Waals surface area contributed by atoms with Gasteiger partial charge in [-0.1, -0.05) is 6.92 Å². The van der Waals surface area contributed by atoms with Crippen molar-refractivity contribution in [2.75, 3.05) is 26.7 Å². The average molecular weight is 235 g/mol. The van der Waals surface area contributed by atoms with Gasteiger partial charge in [-0.25, -0.2) is 4.72 Å². The molecule has 1 saturated heterocycles. The lowest BCUT2D eigenvalue weighted by atomic mass is 10.2. The minimum absolute atomic E-state index is 0.313. The van der Waals surface area contributed by atoms with Crippen molar-refractivity contribution in [2.24, 2.45) is 0 Å². The molecule has 1 atom stereocenters. The summed E-state index contributed by atoms with van der Waals surface area (Å²) >= 11 is 0. The van der Waals surface area contributed by atoms with Crippen LogP contribution >= 0.6 is 0 Å². The Bertz CT molecular complexity index is 273. The van der Waals surface area contributed by atoms with Crippen molar-refractivity contribution in [3.05, 3.63) is 0 Å². The maximum absolute atomic E-state index is 11.7. The van der Waals surface area contributed by atoms with E-state index in [2.05, 4.69) is 10.0 Å². The fourth-order valence-electron chi connectivity index (χ4n) is 1.66. The number of hydrogen-bond donors (Lipinski definition) is 2. The zero-order valence-corrected chi connectivity index (χ0v) is 10.3. The molecule has 0 aromatic heterocycles. The van der Waals surface area contributed by atoms with Gasteiger partial charge in [-0.05, 0) is 25.8 Å². The SMILES string of the molecule is CCCNS(=O)(=O)N(C)CC1CCCN1. The van der Waals surface area contributed by atoms with Crippen LogP contribution in [-0.2, 0) is 10.2 Å². The van der Waals surface area contributed by atoms with Crippen molar-refractivity contribution in [1.29, 1.82) is 0 Å². The Morgan fingerprint density at radius 1 is 1.53 bits per heavy atom. The van der Waals surface area contributed by atoms with Crippen LogP contribution in [0, 0.1) is 0 Å². The molecule has 0 amide bonds. The summed E-state index contributed by atoms with van der Waals surface area (Å²) in [6, 6.07) is 0.313. The van der Waals surface area contributed by atoms with Gasteiger partial charge in [0.15, 0.2) is 0 Å². The maximum atomic E-state index is 11.7. The highest BCUT2D eigenvalue weighted by molar-refractivity contribution is 7.87. The molecule has 0 aromatic carbocycles. The van der Waals surface area contributed by atoms with Gasteiger partial charge in [0.25, 0.3) is 10.2 Å². The van der Waals surface area contributed by atoms with E-state index < -0.39 is 10.2 Å². The molecule has 1 aliphatic rings. The molecule has 0 aliphatic carbocycles. The summed E-state index contributed by atoms with van der Waals surface area (Å²) in [5, 5.41) is 3.28. The molecule has 2 N–H and O–H groups in total. The summed E-state index contributed by atoms with van der Waals surface area (Å²) in [4.78, 5) is 0. The van der Waals surface area contributed by atoms with E-state index in [0.717, 1.165) is 25.8 Å². The highest BCUT2D eigenvalue weighted by Crippen LogP contribution is 2.07. The Balaban J connectivity index is 2.40. The standard InChI is InChI=1S/C9H21N3O2S/c1-3-6-11-15(13,14)12(2)8-9-5-4-7-10-9/h9-11H,3-8H2,1-2H3. The van der Waals surface area contributed by atoms with Gasteiger partial charge in [-0.2, -0.15) is 12.7 Å². The highest BCUT2D eigenvalue weighted by Gasteiger charge is 2.22. The first kappa shape index (κ1) is 12.9. The molecule has 0 radical (unpaired) electrons. The van der Waals surface area contributed by atoms with Crippen molar-refractivity contribution in [3.8, 4) is 0 Å². The van der Waals surface area contributed by atoms with Gasteiger partial charge in [0.1, 0.15) is 0 Å². The average Bonchev–Trinajstić information content (AvgIpc) is 2.67. The van der Waals surface area contributed by atoms with Crippen LogP contribution in [-0.4, -0.2) is 45.4 Å². The fraction of sp³-hybridized carbons (Fsp3) is 1.00. The second-order valence-corrected chi connectivity index (χ2v) is 5.84. The lowest BCUT2D eigenvalue weighted by Gasteiger charge is -2.21. The molecule has 0 spiro atoms. The summed E-state index contributed by atoms with van der Waals surface area (Å²) in [6.45, 7) is 4.01. The zero-order valence-electron chi connectivity index (χ0n) is 9.49. The predicted molar refractivity (Wildman–Crippen MR) is 60.9 cm³/mol. The van der Waals surface area contributed by atoms with Gasteiger partial charge in [-0.3, -0.25) is 0 Å².